The van der Waals surface area contributed by atoms with Crippen molar-refractivity contribution in [3.8, 4) is 0 Å². The Hall–Kier alpha value is -2.08. The van der Waals surface area contributed by atoms with E-state index in [4.69, 9.17) is 0 Å². The maximum Gasteiger partial charge on any atom is -0.00747 e. The second-order valence-corrected chi connectivity index (χ2v) is 5.44. The molecule has 1 aliphatic carbocycles. The Bertz CT molecular complexity index is 709. The summed E-state index contributed by atoms with van der Waals surface area (Å²) in [7, 11) is 0. The van der Waals surface area contributed by atoms with E-state index in [0.29, 0.717) is 5.92 Å². The highest BCUT2D eigenvalue weighted by atomic mass is 14.3. The molecule has 0 atom stereocenters. The molecule has 4 rings (SSSR count). The molecule has 0 N–H and O–H groups in total. The predicted octanol–water partition coefficient (Wildman–Crippen LogP) is 4.72. The Morgan fingerprint density at radius 1 is 0.632 bits per heavy atom. The van der Waals surface area contributed by atoms with Gasteiger partial charge in [0.05, 0.1) is 0 Å². The first-order chi connectivity index (χ1) is 9.42. The van der Waals surface area contributed by atoms with Gasteiger partial charge < -0.3 is 0 Å². The first-order valence-corrected chi connectivity index (χ1v) is 6.96. The predicted molar refractivity (Wildman–Crippen MR) is 80.5 cm³/mol. The molecule has 92 valence electrons. The molecule has 3 aromatic rings. The van der Waals surface area contributed by atoms with Crippen LogP contribution in [0.2, 0.25) is 0 Å². The summed E-state index contributed by atoms with van der Waals surface area (Å²) in [5, 5.41) is 2.78. The van der Waals surface area contributed by atoms with E-state index in [0.717, 1.165) is 0 Å². The van der Waals surface area contributed by atoms with Gasteiger partial charge in [0.15, 0.2) is 0 Å². The Kier molecular flexibility index (Phi) is 2.41. The Balaban J connectivity index is 1.81. The summed E-state index contributed by atoms with van der Waals surface area (Å²) in [4.78, 5) is 0. The summed E-state index contributed by atoms with van der Waals surface area (Å²) in [6.07, 6.45) is 2.37. The number of fused-ring (bicyclic) bond motifs is 2. The zero-order valence-electron chi connectivity index (χ0n) is 10.8. The lowest BCUT2D eigenvalue weighted by Crippen LogP contribution is -1.98. The van der Waals surface area contributed by atoms with Crippen LogP contribution >= 0.6 is 0 Å². The van der Waals surface area contributed by atoms with Crippen LogP contribution in [0.25, 0.3) is 10.8 Å². The summed E-state index contributed by atoms with van der Waals surface area (Å²) in [5.41, 5.74) is 4.56. The lowest BCUT2D eigenvalue weighted by Gasteiger charge is -2.13. The van der Waals surface area contributed by atoms with Gasteiger partial charge in [0.25, 0.3) is 0 Å². The fourth-order valence-corrected chi connectivity index (χ4v) is 3.39. The van der Waals surface area contributed by atoms with Crippen molar-refractivity contribution in [2.24, 2.45) is 0 Å². The van der Waals surface area contributed by atoms with Crippen molar-refractivity contribution in [2.75, 3.05) is 0 Å². The quantitative estimate of drug-likeness (QED) is 0.581. The smallest absolute Gasteiger partial charge is 0.00747 e. The SMILES string of the molecule is c1ccc2c(c1)CC(c1cccc3ccccc13)C2. The van der Waals surface area contributed by atoms with E-state index in [9.17, 15) is 0 Å². The highest BCUT2D eigenvalue weighted by Crippen LogP contribution is 2.36. The van der Waals surface area contributed by atoms with Crippen LogP contribution in [0.4, 0.5) is 0 Å². The standard InChI is InChI=1S/C19H16/c1-2-8-16-13-17(12-15(16)7-1)19-11-5-9-14-6-3-4-10-18(14)19/h1-11,17H,12-13H2. The molecule has 0 saturated carbocycles. The highest BCUT2D eigenvalue weighted by Gasteiger charge is 2.23. The molecule has 0 bridgehead atoms. The first-order valence-electron chi connectivity index (χ1n) is 6.96. The van der Waals surface area contributed by atoms with Crippen molar-refractivity contribution in [2.45, 2.75) is 18.8 Å². The molecular weight excluding hydrogens is 228 g/mol. The van der Waals surface area contributed by atoms with Gasteiger partial charge in [-0.3, -0.25) is 0 Å². The van der Waals surface area contributed by atoms with Crippen LogP contribution in [0, 0.1) is 0 Å². The van der Waals surface area contributed by atoms with E-state index >= 15 is 0 Å². The topological polar surface area (TPSA) is 0 Å². The minimum Gasteiger partial charge on any atom is -0.0620 e. The maximum absolute atomic E-state index is 2.30. The largest absolute Gasteiger partial charge is 0.0620 e. The normalized spacial score (nSPS) is 14.7. The van der Waals surface area contributed by atoms with E-state index in [2.05, 4.69) is 66.7 Å². The van der Waals surface area contributed by atoms with Gasteiger partial charge >= 0.3 is 0 Å². The maximum atomic E-state index is 2.30. The van der Waals surface area contributed by atoms with Crippen LogP contribution in [0.15, 0.2) is 66.7 Å². The molecule has 0 amide bonds. The molecule has 0 nitrogen and oxygen atoms in total. The van der Waals surface area contributed by atoms with Crippen LogP contribution in [-0.2, 0) is 12.8 Å². The molecule has 0 heteroatoms. The summed E-state index contributed by atoms with van der Waals surface area (Å²) in [6, 6.07) is 24.3. The summed E-state index contributed by atoms with van der Waals surface area (Å²) in [5.74, 6) is 0.642. The molecule has 0 fully saturated rings. The first kappa shape index (κ1) is 10.8. The minimum absolute atomic E-state index is 0.642. The molecule has 0 heterocycles. The third-order valence-corrected chi connectivity index (χ3v) is 4.31. The van der Waals surface area contributed by atoms with Gasteiger partial charge in [0, 0.05) is 0 Å². The Morgan fingerprint density at radius 2 is 1.26 bits per heavy atom. The number of hydrogen-bond acceptors (Lipinski definition) is 0. The van der Waals surface area contributed by atoms with E-state index in [-0.39, 0.29) is 0 Å². The lowest BCUT2D eigenvalue weighted by atomic mass is 9.91. The zero-order chi connectivity index (χ0) is 12.7. The minimum atomic E-state index is 0.642. The molecule has 0 saturated heterocycles. The molecule has 19 heavy (non-hydrogen) atoms. The van der Waals surface area contributed by atoms with Crippen molar-refractivity contribution < 1.29 is 0 Å². The van der Waals surface area contributed by atoms with E-state index in [1.54, 1.807) is 0 Å². The van der Waals surface area contributed by atoms with Crippen molar-refractivity contribution in [1.82, 2.24) is 0 Å². The monoisotopic (exact) mass is 244 g/mol. The van der Waals surface area contributed by atoms with Crippen LogP contribution < -0.4 is 0 Å². The summed E-state index contributed by atoms with van der Waals surface area (Å²) >= 11 is 0. The van der Waals surface area contributed by atoms with Gasteiger partial charge in [-0.2, -0.15) is 0 Å². The second-order valence-electron chi connectivity index (χ2n) is 5.44. The Labute approximate surface area is 113 Å². The van der Waals surface area contributed by atoms with Crippen molar-refractivity contribution in [3.63, 3.8) is 0 Å². The van der Waals surface area contributed by atoms with Crippen molar-refractivity contribution in [1.29, 1.82) is 0 Å². The molecule has 3 aromatic carbocycles. The molecule has 0 aromatic heterocycles. The second kappa shape index (κ2) is 4.24. The molecular formula is C19H16. The van der Waals surface area contributed by atoms with Crippen LogP contribution in [0.1, 0.15) is 22.6 Å². The molecule has 0 unspecified atom stereocenters. The van der Waals surface area contributed by atoms with Crippen LogP contribution in [0.3, 0.4) is 0 Å². The van der Waals surface area contributed by atoms with Gasteiger partial charge in [-0.25, -0.2) is 0 Å². The summed E-state index contributed by atoms with van der Waals surface area (Å²) in [6.45, 7) is 0. The van der Waals surface area contributed by atoms with Gasteiger partial charge in [-0.15, -0.1) is 0 Å². The van der Waals surface area contributed by atoms with E-state index < -0.39 is 0 Å². The Morgan fingerprint density at radius 3 is 2.05 bits per heavy atom. The zero-order valence-corrected chi connectivity index (χ0v) is 10.8. The van der Waals surface area contributed by atoms with Gasteiger partial charge in [-0.1, -0.05) is 66.7 Å². The molecule has 0 aliphatic heterocycles. The van der Waals surface area contributed by atoms with E-state index in [1.807, 2.05) is 0 Å². The van der Waals surface area contributed by atoms with Crippen LogP contribution in [-0.4, -0.2) is 0 Å². The fourth-order valence-electron chi connectivity index (χ4n) is 3.39. The van der Waals surface area contributed by atoms with Gasteiger partial charge in [-0.05, 0) is 46.2 Å². The molecule has 0 radical (unpaired) electrons. The third-order valence-electron chi connectivity index (χ3n) is 4.31. The van der Waals surface area contributed by atoms with Crippen molar-refractivity contribution >= 4 is 10.8 Å². The number of hydrogen-bond donors (Lipinski definition) is 0. The van der Waals surface area contributed by atoms with E-state index in [1.165, 1.54) is 40.3 Å². The lowest BCUT2D eigenvalue weighted by molar-refractivity contribution is 0.748. The van der Waals surface area contributed by atoms with Crippen molar-refractivity contribution in [3.05, 3.63) is 83.4 Å². The van der Waals surface area contributed by atoms with Gasteiger partial charge in [0.1, 0.15) is 0 Å². The number of rotatable bonds is 1. The highest BCUT2D eigenvalue weighted by molar-refractivity contribution is 5.86. The molecule has 0 spiro atoms. The average Bonchev–Trinajstić information content (AvgIpc) is 2.90. The summed E-state index contributed by atoms with van der Waals surface area (Å²) < 4.78 is 0. The third kappa shape index (κ3) is 1.76. The van der Waals surface area contributed by atoms with Gasteiger partial charge in [0.2, 0.25) is 0 Å². The van der Waals surface area contributed by atoms with Crippen LogP contribution in [0.5, 0.6) is 0 Å². The average molecular weight is 244 g/mol. The number of benzene rings is 3. The molecule has 1 aliphatic rings. The fraction of sp³-hybridized carbons (Fsp3) is 0.158.